The summed E-state index contributed by atoms with van der Waals surface area (Å²) in [5.41, 5.74) is 2.32. The fourth-order valence-corrected chi connectivity index (χ4v) is 1.95. The predicted molar refractivity (Wildman–Crippen MR) is 74.8 cm³/mol. The monoisotopic (exact) mass is 292 g/mol. The third-order valence-electron chi connectivity index (χ3n) is 3.16. The van der Waals surface area contributed by atoms with Crippen molar-refractivity contribution >= 4 is 17.4 Å². The summed E-state index contributed by atoms with van der Waals surface area (Å²) >= 11 is 0. The molecule has 1 amide bonds. The summed E-state index contributed by atoms with van der Waals surface area (Å²) in [7, 11) is 1.81. The van der Waals surface area contributed by atoms with E-state index in [0.29, 0.717) is 5.69 Å². The van der Waals surface area contributed by atoms with Gasteiger partial charge in [0.15, 0.2) is 0 Å². The maximum absolute atomic E-state index is 11.9. The number of nitrogens with one attached hydrogen (secondary N) is 1. The van der Waals surface area contributed by atoms with Gasteiger partial charge in [-0.3, -0.25) is 9.48 Å². The van der Waals surface area contributed by atoms with E-state index in [2.05, 4.69) is 15.5 Å². The smallest absolute Gasteiger partial charge is 0.358 e. The molecule has 0 fully saturated rings. The molecular formula is C12H16N6O3. The highest BCUT2D eigenvalue weighted by Gasteiger charge is 2.14. The van der Waals surface area contributed by atoms with Gasteiger partial charge in [0, 0.05) is 13.5 Å². The van der Waals surface area contributed by atoms with Gasteiger partial charge in [0.05, 0.1) is 41.0 Å². The molecule has 2 rings (SSSR count). The molecule has 0 bridgehead atoms. The molecular weight excluding hydrogens is 276 g/mol. The minimum absolute atomic E-state index is 0.173. The second-order valence-electron chi connectivity index (χ2n) is 4.66. The predicted octanol–water partition coefficient (Wildman–Crippen LogP) is 1.17. The van der Waals surface area contributed by atoms with Gasteiger partial charge in [0.25, 0.3) is 0 Å². The molecule has 0 aliphatic rings. The second kappa shape index (κ2) is 5.73. The molecule has 9 heteroatoms. The van der Waals surface area contributed by atoms with Crippen LogP contribution in [0.3, 0.4) is 0 Å². The number of carbonyl (C=O) groups excluding carboxylic acids is 1. The summed E-state index contributed by atoms with van der Waals surface area (Å²) in [5, 5.41) is 21.3. The van der Waals surface area contributed by atoms with Crippen LogP contribution in [-0.2, 0) is 18.4 Å². The van der Waals surface area contributed by atoms with Crippen LogP contribution in [-0.4, -0.2) is 30.4 Å². The van der Waals surface area contributed by atoms with Crippen LogP contribution in [0.4, 0.5) is 11.5 Å². The van der Waals surface area contributed by atoms with Crippen molar-refractivity contribution in [1.29, 1.82) is 0 Å². The number of hydrogen-bond donors (Lipinski definition) is 1. The molecule has 0 saturated heterocycles. The lowest BCUT2D eigenvalue weighted by Gasteiger charge is -2.04. The highest BCUT2D eigenvalue weighted by Crippen LogP contribution is 2.18. The van der Waals surface area contributed by atoms with Crippen molar-refractivity contribution in [2.75, 3.05) is 5.32 Å². The van der Waals surface area contributed by atoms with Crippen LogP contribution in [0.5, 0.6) is 0 Å². The summed E-state index contributed by atoms with van der Waals surface area (Å²) in [6.45, 7) is 3.96. The Morgan fingerprint density at radius 2 is 2.14 bits per heavy atom. The van der Waals surface area contributed by atoms with Gasteiger partial charge in [-0.1, -0.05) is 0 Å². The van der Waals surface area contributed by atoms with E-state index in [1.807, 2.05) is 13.8 Å². The SMILES string of the molecule is Cc1nn(C)c(C)c1NC(=O)CCn1ccc([N+](=O)[O-])n1. The molecule has 112 valence electrons. The lowest BCUT2D eigenvalue weighted by atomic mass is 10.3. The molecule has 0 radical (unpaired) electrons. The number of anilines is 1. The number of rotatable bonds is 5. The number of nitrogens with zero attached hydrogens (tertiary/aromatic N) is 5. The Labute approximate surface area is 120 Å². The van der Waals surface area contributed by atoms with E-state index in [4.69, 9.17) is 0 Å². The number of aromatic nitrogens is 4. The van der Waals surface area contributed by atoms with Gasteiger partial charge in [-0.2, -0.15) is 9.78 Å². The van der Waals surface area contributed by atoms with Crippen molar-refractivity contribution in [3.8, 4) is 0 Å². The minimum Gasteiger partial charge on any atom is -0.358 e. The highest BCUT2D eigenvalue weighted by atomic mass is 16.6. The van der Waals surface area contributed by atoms with E-state index in [1.54, 1.807) is 11.7 Å². The summed E-state index contributed by atoms with van der Waals surface area (Å²) < 4.78 is 3.07. The standard InChI is InChI=1S/C12H16N6O3/c1-8-12(9(2)16(3)14-8)13-11(19)5-7-17-6-4-10(15-17)18(20)21/h4,6H,5,7H2,1-3H3,(H,13,19). The molecule has 2 aromatic rings. The molecule has 0 atom stereocenters. The van der Waals surface area contributed by atoms with E-state index < -0.39 is 4.92 Å². The molecule has 21 heavy (non-hydrogen) atoms. The minimum atomic E-state index is -0.571. The van der Waals surface area contributed by atoms with Crippen molar-refractivity contribution in [3.63, 3.8) is 0 Å². The zero-order chi connectivity index (χ0) is 15.6. The molecule has 0 aliphatic carbocycles. The molecule has 2 heterocycles. The van der Waals surface area contributed by atoms with Crippen LogP contribution in [0, 0.1) is 24.0 Å². The Morgan fingerprint density at radius 3 is 2.67 bits per heavy atom. The van der Waals surface area contributed by atoms with Crippen molar-refractivity contribution in [1.82, 2.24) is 19.6 Å². The van der Waals surface area contributed by atoms with Gasteiger partial charge >= 0.3 is 5.82 Å². The van der Waals surface area contributed by atoms with E-state index >= 15 is 0 Å². The zero-order valence-corrected chi connectivity index (χ0v) is 12.0. The normalized spacial score (nSPS) is 10.6. The molecule has 0 aromatic carbocycles. The van der Waals surface area contributed by atoms with Crippen molar-refractivity contribution in [3.05, 3.63) is 33.8 Å². The molecule has 0 aliphatic heterocycles. The van der Waals surface area contributed by atoms with E-state index in [-0.39, 0.29) is 24.7 Å². The first kappa shape index (κ1) is 14.7. The van der Waals surface area contributed by atoms with Crippen molar-refractivity contribution < 1.29 is 9.72 Å². The average molecular weight is 292 g/mol. The largest absolute Gasteiger partial charge is 0.389 e. The lowest BCUT2D eigenvalue weighted by Crippen LogP contribution is -2.15. The van der Waals surface area contributed by atoms with Crippen LogP contribution in [0.1, 0.15) is 17.8 Å². The van der Waals surface area contributed by atoms with Crippen LogP contribution in [0.25, 0.3) is 0 Å². The Hall–Kier alpha value is -2.71. The van der Waals surface area contributed by atoms with Crippen molar-refractivity contribution in [2.45, 2.75) is 26.8 Å². The quantitative estimate of drug-likeness (QED) is 0.657. The molecule has 0 saturated carbocycles. The van der Waals surface area contributed by atoms with Gasteiger partial charge in [-0.15, -0.1) is 0 Å². The lowest BCUT2D eigenvalue weighted by molar-refractivity contribution is -0.389. The van der Waals surface area contributed by atoms with Gasteiger partial charge in [0.1, 0.15) is 0 Å². The fourth-order valence-electron chi connectivity index (χ4n) is 1.95. The van der Waals surface area contributed by atoms with Gasteiger partial charge in [-0.05, 0) is 18.8 Å². The Balaban J connectivity index is 1.94. The fraction of sp³-hybridized carbons (Fsp3) is 0.417. The van der Waals surface area contributed by atoms with E-state index in [0.717, 1.165) is 11.4 Å². The topological polar surface area (TPSA) is 108 Å². The van der Waals surface area contributed by atoms with Gasteiger partial charge in [-0.25, -0.2) is 0 Å². The van der Waals surface area contributed by atoms with Crippen molar-refractivity contribution in [2.24, 2.45) is 7.05 Å². The first-order valence-electron chi connectivity index (χ1n) is 6.36. The second-order valence-corrected chi connectivity index (χ2v) is 4.66. The maximum atomic E-state index is 11.9. The number of hydrogen-bond acceptors (Lipinski definition) is 5. The number of carbonyl (C=O) groups is 1. The van der Waals surface area contributed by atoms with E-state index in [1.165, 1.54) is 16.9 Å². The molecule has 2 aromatic heterocycles. The maximum Gasteiger partial charge on any atom is 0.389 e. The molecule has 9 nitrogen and oxygen atoms in total. The highest BCUT2D eigenvalue weighted by molar-refractivity contribution is 5.91. The zero-order valence-electron chi connectivity index (χ0n) is 12.0. The van der Waals surface area contributed by atoms with Crippen LogP contribution < -0.4 is 5.32 Å². The summed E-state index contributed by atoms with van der Waals surface area (Å²) in [4.78, 5) is 21.9. The number of amides is 1. The van der Waals surface area contributed by atoms with Crippen LogP contribution >= 0.6 is 0 Å². The third-order valence-corrected chi connectivity index (χ3v) is 3.16. The average Bonchev–Trinajstić information content (AvgIpc) is 2.98. The van der Waals surface area contributed by atoms with Gasteiger partial charge < -0.3 is 15.4 Å². The molecule has 0 unspecified atom stereocenters. The molecule has 1 N–H and O–H groups in total. The first-order chi connectivity index (χ1) is 9.88. The summed E-state index contributed by atoms with van der Waals surface area (Å²) in [6, 6.07) is 1.30. The summed E-state index contributed by atoms with van der Waals surface area (Å²) in [5.74, 6) is -0.415. The number of aryl methyl sites for hydroxylation is 3. The van der Waals surface area contributed by atoms with E-state index in [9.17, 15) is 14.9 Å². The number of nitro groups is 1. The Kier molecular flexibility index (Phi) is 4.01. The third kappa shape index (κ3) is 3.25. The van der Waals surface area contributed by atoms with Gasteiger partial charge in [0.2, 0.25) is 5.91 Å². The first-order valence-corrected chi connectivity index (χ1v) is 6.36. The van der Waals surface area contributed by atoms with Crippen LogP contribution in [0.15, 0.2) is 12.3 Å². The van der Waals surface area contributed by atoms with Crippen LogP contribution in [0.2, 0.25) is 0 Å². The Bertz CT molecular complexity index is 687. The Morgan fingerprint density at radius 1 is 1.43 bits per heavy atom. The summed E-state index contributed by atoms with van der Waals surface area (Å²) in [6.07, 6.45) is 1.65. The molecule has 0 spiro atoms.